The Kier molecular flexibility index (Phi) is 5.04. The monoisotopic (exact) mass is 347 g/mol. The Morgan fingerprint density at radius 1 is 1.12 bits per heavy atom. The maximum Gasteiger partial charge on any atom is 0.228 e. The Morgan fingerprint density at radius 3 is 2.50 bits per heavy atom. The average Bonchev–Trinajstić information content (AvgIpc) is 3.44. The summed E-state index contributed by atoms with van der Waals surface area (Å²) in [6, 6.07) is 14.7. The van der Waals surface area contributed by atoms with Crippen LogP contribution < -0.4 is 10.6 Å². The van der Waals surface area contributed by atoms with E-state index in [1.165, 1.54) is 0 Å². The number of hydrogen-bond donors (Lipinski definition) is 2. The molecule has 1 fully saturated rings. The lowest BCUT2D eigenvalue weighted by Gasteiger charge is -2.13. The Morgan fingerprint density at radius 2 is 1.81 bits per heavy atom. The zero-order chi connectivity index (χ0) is 18.7. The molecule has 1 saturated carbocycles. The second-order valence-corrected chi connectivity index (χ2v) is 6.58. The van der Waals surface area contributed by atoms with Crippen molar-refractivity contribution in [2.75, 3.05) is 10.6 Å². The molecule has 2 unspecified atom stereocenters. The van der Waals surface area contributed by atoms with Crippen molar-refractivity contribution < 1.29 is 9.59 Å². The van der Waals surface area contributed by atoms with Crippen LogP contribution in [-0.2, 0) is 16.0 Å². The minimum Gasteiger partial charge on any atom is -0.326 e. The van der Waals surface area contributed by atoms with E-state index >= 15 is 0 Å². The fourth-order valence-corrected chi connectivity index (χ4v) is 3.09. The van der Waals surface area contributed by atoms with Gasteiger partial charge in [0.05, 0.1) is 23.5 Å². The fraction of sp³-hybridized carbons (Fsp3) is 0.286. The van der Waals surface area contributed by atoms with Gasteiger partial charge in [-0.2, -0.15) is 5.26 Å². The van der Waals surface area contributed by atoms with E-state index in [2.05, 4.69) is 10.6 Å². The molecule has 1 aliphatic carbocycles. The Hall–Kier alpha value is -3.13. The first-order valence-electron chi connectivity index (χ1n) is 8.74. The van der Waals surface area contributed by atoms with Crippen LogP contribution in [0.3, 0.4) is 0 Å². The molecule has 5 heteroatoms. The van der Waals surface area contributed by atoms with Gasteiger partial charge in [-0.1, -0.05) is 31.2 Å². The lowest BCUT2D eigenvalue weighted by atomic mass is 10.1. The molecule has 5 nitrogen and oxygen atoms in total. The smallest absolute Gasteiger partial charge is 0.228 e. The fourth-order valence-electron chi connectivity index (χ4n) is 3.09. The van der Waals surface area contributed by atoms with E-state index in [0.717, 1.165) is 23.2 Å². The lowest BCUT2D eigenvalue weighted by molar-refractivity contribution is -0.122. The van der Waals surface area contributed by atoms with Gasteiger partial charge in [0.2, 0.25) is 11.8 Å². The third-order valence-electron chi connectivity index (χ3n) is 4.71. The van der Waals surface area contributed by atoms with E-state index in [4.69, 9.17) is 5.26 Å². The second-order valence-electron chi connectivity index (χ2n) is 6.58. The highest BCUT2D eigenvalue weighted by atomic mass is 16.2. The molecule has 0 aliphatic heterocycles. The third-order valence-corrected chi connectivity index (χ3v) is 4.71. The highest BCUT2D eigenvalue weighted by molar-refractivity contribution is 6.03. The molecule has 2 N–H and O–H groups in total. The van der Waals surface area contributed by atoms with E-state index in [1.54, 1.807) is 24.3 Å². The highest BCUT2D eigenvalue weighted by Crippen LogP contribution is 2.40. The number of benzene rings is 2. The van der Waals surface area contributed by atoms with Crippen molar-refractivity contribution in [1.29, 1.82) is 5.26 Å². The van der Waals surface area contributed by atoms with Crippen molar-refractivity contribution in [3.05, 3.63) is 59.2 Å². The van der Waals surface area contributed by atoms with Crippen LogP contribution in [0.5, 0.6) is 0 Å². The zero-order valence-electron chi connectivity index (χ0n) is 14.9. The lowest BCUT2D eigenvalue weighted by Crippen LogP contribution is -2.21. The molecule has 0 spiro atoms. The summed E-state index contributed by atoms with van der Waals surface area (Å²) in [5.41, 5.74) is 4.03. The molecule has 0 aromatic heterocycles. The second kappa shape index (κ2) is 7.40. The van der Waals surface area contributed by atoms with Crippen molar-refractivity contribution in [2.45, 2.75) is 26.7 Å². The van der Waals surface area contributed by atoms with Crippen molar-refractivity contribution in [1.82, 2.24) is 0 Å². The number of rotatable bonds is 5. The number of para-hydroxylation sites is 1. The maximum absolute atomic E-state index is 12.5. The van der Waals surface area contributed by atoms with Gasteiger partial charge in [0.1, 0.15) is 0 Å². The predicted octanol–water partition coefficient (Wildman–Crippen LogP) is 3.64. The molecule has 0 saturated heterocycles. The molecular weight excluding hydrogens is 326 g/mol. The Labute approximate surface area is 153 Å². The molecule has 1 aliphatic rings. The summed E-state index contributed by atoms with van der Waals surface area (Å²) in [6.45, 7) is 4.02. The number of amides is 2. The number of hydrogen-bond acceptors (Lipinski definition) is 3. The summed E-state index contributed by atoms with van der Waals surface area (Å²) >= 11 is 0. The van der Waals surface area contributed by atoms with E-state index in [9.17, 15) is 9.59 Å². The van der Waals surface area contributed by atoms with E-state index in [1.807, 2.05) is 38.1 Å². The quantitative estimate of drug-likeness (QED) is 0.866. The van der Waals surface area contributed by atoms with Gasteiger partial charge in [-0.05, 0) is 49.1 Å². The molecule has 0 bridgehead atoms. The summed E-state index contributed by atoms with van der Waals surface area (Å²) in [7, 11) is 0. The molecule has 2 atom stereocenters. The minimum absolute atomic E-state index is 0.111. The minimum atomic E-state index is -0.324. The number of carbonyl (C=O) groups excluding carboxylic acids is 2. The van der Waals surface area contributed by atoms with Crippen LogP contribution in [0.15, 0.2) is 42.5 Å². The zero-order valence-corrected chi connectivity index (χ0v) is 14.9. The summed E-state index contributed by atoms with van der Waals surface area (Å²) < 4.78 is 0. The SMILES string of the molecule is CCc1cccc(C)c1NC(=O)C1CC1C(=O)Nc1cccc(C#N)c1. The molecule has 0 radical (unpaired) electrons. The predicted molar refractivity (Wildman–Crippen MR) is 101 cm³/mol. The molecule has 0 heterocycles. The molecule has 2 aromatic carbocycles. The summed E-state index contributed by atoms with van der Waals surface area (Å²) in [5.74, 6) is -0.922. The third kappa shape index (κ3) is 3.75. The first kappa shape index (κ1) is 17.7. The van der Waals surface area contributed by atoms with Gasteiger partial charge in [0, 0.05) is 11.4 Å². The van der Waals surface area contributed by atoms with Crippen molar-refractivity contribution >= 4 is 23.2 Å². The van der Waals surface area contributed by atoms with Crippen molar-refractivity contribution in [3.8, 4) is 6.07 Å². The molecule has 132 valence electrons. The topological polar surface area (TPSA) is 82.0 Å². The van der Waals surface area contributed by atoms with Crippen LogP contribution in [0.2, 0.25) is 0 Å². The Balaban J connectivity index is 1.62. The van der Waals surface area contributed by atoms with Gasteiger partial charge >= 0.3 is 0 Å². The number of anilines is 2. The van der Waals surface area contributed by atoms with E-state index in [-0.39, 0.29) is 23.7 Å². The van der Waals surface area contributed by atoms with E-state index in [0.29, 0.717) is 17.7 Å². The first-order valence-corrected chi connectivity index (χ1v) is 8.74. The van der Waals surface area contributed by atoms with Crippen LogP contribution >= 0.6 is 0 Å². The summed E-state index contributed by atoms with van der Waals surface area (Å²) in [4.78, 5) is 24.9. The van der Waals surface area contributed by atoms with Gasteiger partial charge in [-0.15, -0.1) is 0 Å². The average molecular weight is 347 g/mol. The molecule has 2 amide bonds. The molecule has 3 rings (SSSR count). The number of nitrogens with one attached hydrogen (secondary N) is 2. The van der Waals surface area contributed by atoms with Crippen molar-refractivity contribution in [2.24, 2.45) is 11.8 Å². The molecular formula is C21H21N3O2. The normalized spacial score (nSPS) is 17.9. The van der Waals surface area contributed by atoms with Crippen LogP contribution in [0.1, 0.15) is 30.0 Å². The van der Waals surface area contributed by atoms with Gasteiger partial charge in [-0.25, -0.2) is 0 Å². The standard InChI is InChI=1S/C21H21N3O2/c1-3-15-8-4-6-13(2)19(15)24-21(26)18-11-17(18)20(25)23-16-9-5-7-14(10-16)12-22/h4-10,17-18H,3,11H2,1-2H3,(H,23,25)(H,24,26). The van der Waals surface area contributed by atoms with Crippen LogP contribution in [0.25, 0.3) is 0 Å². The summed E-state index contributed by atoms with van der Waals surface area (Å²) in [5, 5.41) is 14.7. The van der Waals surface area contributed by atoms with Gasteiger partial charge in [0.15, 0.2) is 0 Å². The van der Waals surface area contributed by atoms with Crippen LogP contribution in [0.4, 0.5) is 11.4 Å². The number of nitrogens with zero attached hydrogens (tertiary/aromatic N) is 1. The number of nitriles is 1. The van der Waals surface area contributed by atoms with Gasteiger partial charge in [0.25, 0.3) is 0 Å². The first-order chi connectivity index (χ1) is 12.5. The number of aryl methyl sites for hydroxylation is 2. The Bertz CT molecular complexity index is 898. The molecule has 26 heavy (non-hydrogen) atoms. The maximum atomic E-state index is 12.5. The van der Waals surface area contributed by atoms with Crippen LogP contribution in [-0.4, -0.2) is 11.8 Å². The van der Waals surface area contributed by atoms with Crippen LogP contribution in [0, 0.1) is 30.1 Å². The number of carbonyl (C=O) groups is 2. The van der Waals surface area contributed by atoms with E-state index < -0.39 is 0 Å². The van der Waals surface area contributed by atoms with Gasteiger partial charge in [-0.3, -0.25) is 9.59 Å². The van der Waals surface area contributed by atoms with Gasteiger partial charge < -0.3 is 10.6 Å². The van der Waals surface area contributed by atoms with Crippen molar-refractivity contribution in [3.63, 3.8) is 0 Å². The highest BCUT2D eigenvalue weighted by Gasteiger charge is 2.48. The molecule has 2 aromatic rings. The summed E-state index contributed by atoms with van der Waals surface area (Å²) in [6.07, 6.45) is 1.38. The largest absolute Gasteiger partial charge is 0.326 e.